The van der Waals surface area contributed by atoms with Gasteiger partial charge in [0.05, 0.1) is 27.7 Å². The van der Waals surface area contributed by atoms with E-state index in [-0.39, 0.29) is 11.4 Å². The lowest BCUT2D eigenvalue weighted by Crippen LogP contribution is -2.44. The molecule has 2 N–H and O–H groups in total. The Morgan fingerprint density at radius 3 is 2.52 bits per heavy atom. The summed E-state index contributed by atoms with van der Waals surface area (Å²) < 4.78 is 27.9. The normalized spacial score (nSPS) is 12.8. The molecule has 0 aliphatic rings. The molecule has 0 bridgehead atoms. The Morgan fingerprint density at radius 1 is 1.12 bits per heavy atom. The predicted molar refractivity (Wildman–Crippen MR) is 97.7 cm³/mol. The zero-order valence-corrected chi connectivity index (χ0v) is 15.1. The molecule has 0 radical (unpaired) electrons. The fraction of sp³-hybridized carbons (Fsp3) is 0.176. The molecular formula is C17H17N3O3S2. The monoisotopic (exact) mass is 375 g/mol. The van der Waals surface area contributed by atoms with Crippen LogP contribution in [-0.2, 0) is 21.4 Å². The third kappa shape index (κ3) is 4.22. The number of aromatic nitrogens is 1. The topological polar surface area (TPSA) is 88.2 Å². The van der Waals surface area contributed by atoms with Crippen molar-refractivity contribution in [3.63, 3.8) is 0 Å². The average molecular weight is 375 g/mol. The maximum Gasteiger partial charge on any atom is 0.241 e. The largest absolute Gasteiger partial charge is 0.348 e. The van der Waals surface area contributed by atoms with Gasteiger partial charge in [-0.3, -0.25) is 4.79 Å². The lowest BCUT2D eigenvalue weighted by Gasteiger charge is -2.14. The molecule has 0 aliphatic carbocycles. The van der Waals surface area contributed by atoms with Gasteiger partial charge in [0.15, 0.2) is 0 Å². The quantitative estimate of drug-likeness (QED) is 0.692. The van der Waals surface area contributed by atoms with Crippen molar-refractivity contribution >= 4 is 37.5 Å². The maximum atomic E-state index is 12.2. The van der Waals surface area contributed by atoms with Crippen LogP contribution in [0.2, 0.25) is 0 Å². The van der Waals surface area contributed by atoms with Crippen LogP contribution in [0, 0.1) is 0 Å². The van der Waals surface area contributed by atoms with Crippen LogP contribution in [0.15, 0.2) is 59.5 Å². The van der Waals surface area contributed by atoms with E-state index < -0.39 is 22.0 Å². The second-order valence-electron chi connectivity index (χ2n) is 5.45. The number of carbonyl (C=O) groups is 1. The molecule has 2 aromatic carbocycles. The molecule has 3 aromatic rings. The first-order valence-corrected chi connectivity index (χ1v) is 9.95. The molecule has 1 amide bonds. The molecule has 8 heteroatoms. The van der Waals surface area contributed by atoms with E-state index in [0.29, 0.717) is 0 Å². The number of hydrogen-bond acceptors (Lipinski definition) is 5. The van der Waals surface area contributed by atoms with Crippen LogP contribution in [0.5, 0.6) is 0 Å². The van der Waals surface area contributed by atoms with Crippen molar-refractivity contribution in [2.24, 2.45) is 0 Å². The molecule has 0 saturated heterocycles. The third-order valence-electron chi connectivity index (χ3n) is 3.53. The molecule has 0 aliphatic heterocycles. The fourth-order valence-corrected chi connectivity index (χ4v) is 4.40. The number of para-hydroxylation sites is 1. The Bertz CT molecular complexity index is 952. The number of benzene rings is 2. The van der Waals surface area contributed by atoms with Gasteiger partial charge in [-0.2, -0.15) is 4.72 Å². The number of fused-ring (bicyclic) bond motifs is 1. The lowest BCUT2D eigenvalue weighted by atomic mass is 10.3. The van der Waals surface area contributed by atoms with E-state index in [2.05, 4.69) is 15.0 Å². The molecule has 1 aromatic heterocycles. The number of rotatable bonds is 6. The van der Waals surface area contributed by atoms with Crippen LogP contribution < -0.4 is 10.0 Å². The van der Waals surface area contributed by atoms with Crippen molar-refractivity contribution in [1.82, 2.24) is 15.0 Å². The van der Waals surface area contributed by atoms with Crippen LogP contribution >= 0.6 is 11.3 Å². The third-order valence-corrected chi connectivity index (χ3v) is 6.12. The van der Waals surface area contributed by atoms with Gasteiger partial charge in [-0.1, -0.05) is 30.3 Å². The molecule has 0 unspecified atom stereocenters. The van der Waals surface area contributed by atoms with E-state index in [1.807, 2.05) is 24.3 Å². The maximum absolute atomic E-state index is 12.2. The van der Waals surface area contributed by atoms with E-state index in [1.54, 1.807) is 18.2 Å². The van der Waals surface area contributed by atoms with Crippen LogP contribution in [0.25, 0.3) is 10.2 Å². The van der Waals surface area contributed by atoms with Gasteiger partial charge in [0.25, 0.3) is 0 Å². The predicted octanol–water partition coefficient (Wildman–Crippen LogP) is 2.28. The second kappa shape index (κ2) is 7.30. The molecule has 130 valence electrons. The van der Waals surface area contributed by atoms with Gasteiger partial charge in [-0.05, 0) is 31.2 Å². The zero-order valence-electron chi connectivity index (χ0n) is 13.5. The van der Waals surface area contributed by atoms with Gasteiger partial charge in [-0.15, -0.1) is 11.3 Å². The summed E-state index contributed by atoms with van der Waals surface area (Å²) in [5, 5.41) is 3.49. The van der Waals surface area contributed by atoms with Crippen molar-refractivity contribution in [1.29, 1.82) is 0 Å². The van der Waals surface area contributed by atoms with Crippen LogP contribution in [0.4, 0.5) is 0 Å². The number of sulfonamides is 1. The summed E-state index contributed by atoms with van der Waals surface area (Å²) in [5.41, 5.74) is 0.884. The highest BCUT2D eigenvalue weighted by Gasteiger charge is 2.21. The van der Waals surface area contributed by atoms with E-state index in [9.17, 15) is 13.2 Å². The van der Waals surface area contributed by atoms with Crippen molar-refractivity contribution in [3.8, 4) is 0 Å². The first kappa shape index (κ1) is 17.5. The Hall–Kier alpha value is -2.29. The van der Waals surface area contributed by atoms with Gasteiger partial charge in [-0.25, -0.2) is 13.4 Å². The van der Waals surface area contributed by atoms with Gasteiger partial charge >= 0.3 is 0 Å². The molecule has 6 nitrogen and oxygen atoms in total. The van der Waals surface area contributed by atoms with Crippen molar-refractivity contribution in [2.45, 2.75) is 24.4 Å². The lowest BCUT2D eigenvalue weighted by molar-refractivity contribution is -0.122. The number of carbonyl (C=O) groups excluding carboxylic acids is 1. The Morgan fingerprint density at radius 2 is 1.80 bits per heavy atom. The molecule has 0 spiro atoms. The van der Waals surface area contributed by atoms with Crippen LogP contribution in [-0.4, -0.2) is 25.4 Å². The van der Waals surface area contributed by atoms with Gasteiger partial charge < -0.3 is 5.32 Å². The molecule has 1 atom stereocenters. The summed E-state index contributed by atoms with van der Waals surface area (Å²) in [5.74, 6) is -0.404. The fourth-order valence-electron chi connectivity index (χ4n) is 2.27. The Labute approximate surface area is 150 Å². The first-order valence-electron chi connectivity index (χ1n) is 7.65. The number of nitrogens with one attached hydrogen (secondary N) is 2. The zero-order chi connectivity index (χ0) is 17.9. The highest BCUT2D eigenvalue weighted by molar-refractivity contribution is 7.89. The number of hydrogen-bond donors (Lipinski definition) is 2. The van der Waals surface area contributed by atoms with E-state index in [1.165, 1.54) is 30.4 Å². The van der Waals surface area contributed by atoms with Crippen molar-refractivity contribution in [3.05, 3.63) is 59.6 Å². The number of nitrogens with zero attached hydrogens (tertiary/aromatic N) is 1. The highest BCUT2D eigenvalue weighted by atomic mass is 32.2. The van der Waals surface area contributed by atoms with Gasteiger partial charge in [0.1, 0.15) is 5.01 Å². The summed E-state index contributed by atoms with van der Waals surface area (Å²) in [6.07, 6.45) is 0. The van der Waals surface area contributed by atoms with Gasteiger partial charge in [0, 0.05) is 0 Å². The number of amides is 1. The van der Waals surface area contributed by atoms with Gasteiger partial charge in [0.2, 0.25) is 15.9 Å². The van der Waals surface area contributed by atoms with Crippen LogP contribution in [0.1, 0.15) is 11.9 Å². The smallest absolute Gasteiger partial charge is 0.241 e. The molecular weight excluding hydrogens is 358 g/mol. The minimum atomic E-state index is -3.73. The van der Waals surface area contributed by atoms with Crippen molar-refractivity contribution < 1.29 is 13.2 Å². The van der Waals surface area contributed by atoms with Crippen molar-refractivity contribution in [2.75, 3.05) is 0 Å². The second-order valence-corrected chi connectivity index (χ2v) is 8.28. The molecule has 25 heavy (non-hydrogen) atoms. The van der Waals surface area contributed by atoms with E-state index in [0.717, 1.165) is 15.2 Å². The highest BCUT2D eigenvalue weighted by Crippen LogP contribution is 2.21. The minimum absolute atomic E-state index is 0.126. The SMILES string of the molecule is C[C@H](NS(=O)(=O)c1ccccc1)C(=O)NCc1nc2ccccc2s1. The summed E-state index contributed by atoms with van der Waals surface area (Å²) in [6.45, 7) is 1.77. The first-order chi connectivity index (χ1) is 12.0. The van der Waals surface area contributed by atoms with Crippen LogP contribution in [0.3, 0.4) is 0 Å². The summed E-state index contributed by atoms with van der Waals surface area (Å²) >= 11 is 1.50. The average Bonchev–Trinajstić information content (AvgIpc) is 3.03. The van der Waals surface area contributed by atoms with E-state index >= 15 is 0 Å². The molecule has 1 heterocycles. The molecule has 0 saturated carbocycles. The Balaban J connectivity index is 1.61. The number of thiazole rings is 1. The summed E-state index contributed by atoms with van der Waals surface area (Å²) in [7, 11) is -3.73. The summed E-state index contributed by atoms with van der Waals surface area (Å²) in [6, 6.07) is 14.8. The molecule has 0 fully saturated rings. The minimum Gasteiger partial charge on any atom is -0.348 e. The standard InChI is InChI=1S/C17H17N3O3S2/c1-12(20-25(22,23)13-7-3-2-4-8-13)17(21)18-11-16-19-14-9-5-6-10-15(14)24-16/h2-10,12,20H,11H2,1H3,(H,18,21)/t12-/m0/s1. The molecule has 3 rings (SSSR count). The Kier molecular flexibility index (Phi) is 5.12. The van der Waals surface area contributed by atoms with E-state index in [4.69, 9.17) is 0 Å². The summed E-state index contributed by atoms with van der Waals surface area (Å²) in [4.78, 5) is 16.7.